The summed E-state index contributed by atoms with van der Waals surface area (Å²) in [6.07, 6.45) is 1.68. The average Bonchev–Trinajstić information content (AvgIpc) is 2.77. The minimum absolute atomic E-state index is 0.0113. The Morgan fingerprint density at radius 3 is 3.00 bits per heavy atom. The Bertz CT molecular complexity index is 484. The zero-order valence-corrected chi connectivity index (χ0v) is 9.15. The van der Waals surface area contributed by atoms with E-state index in [1.807, 2.05) is 12.3 Å². The van der Waals surface area contributed by atoms with Gasteiger partial charge in [0.1, 0.15) is 0 Å². The van der Waals surface area contributed by atoms with Crippen LogP contribution in [0.3, 0.4) is 0 Å². The van der Waals surface area contributed by atoms with E-state index in [4.69, 9.17) is 0 Å². The number of thiazole rings is 1. The maximum absolute atomic E-state index is 10.9. The molecule has 6 heteroatoms. The van der Waals surface area contributed by atoms with Gasteiger partial charge in [0, 0.05) is 29.9 Å². The van der Waals surface area contributed by atoms with Crippen molar-refractivity contribution in [3.8, 4) is 0 Å². The maximum Gasteiger partial charge on any atom is 0.304 e. The summed E-state index contributed by atoms with van der Waals surface area (Å²) in [6, 6.07) is 0. The Morgan fingerprint density at radius 2 is 2.40 bits per heavy atom. The number of rotatable bonds is 4. The number of aryl methyl sites for hydroxylation is 1. The smallest absolute Gasteiger partial charge is 0.304 e. The number of aromatic amines is 2. The predicted molar refractivity (Wildman–Crippen MR) is 58.8 cm³/mol. The van der Waals surface area contributed by atoms with E-state index in [1.54, 1.807) is 6.33 Å². The van der Waals surface area contributed by atoms with Crippen molar-refractivity contribution >= 4 is 11.3 Å². The molecule has 2 aromatic rings. The molecule has 0 bridgehead atoms. The van der Waals surface area contributed by atoms with Crippen LogP contribution in [0.1, 0.15) is 17.1 Å². The molecular weight excluding hydrogens is 212 g/mol. The molecule has 0 saturated carbocycles. The minimum atomic E-state index is -0.0113. The van der Waals surface area contributed by atoms with Crippen molar-refractivity contribution in [1.82, 2.24) is 20.3 Å². The molecule has 0 aromatic carbocycles. The third-order valence-corrected chi connectivity index (χ3v) is 2.83. The lowest BCUT2D eigenvalue weighted by Gasteiger charge is -2.00. The van der Waals surface area contributed by atoms with Crippen LogP contribution >= 0.6 is 11.3 Å². The molecule has 0 aliphatic carbocycles. The molecule has 5 nitrogen and oxygen atoms in total. The predicted octanol–water partition coefficient (Wildman–Crippen LogP) is 0.758. The van der Waals surface area contributed by atoms with Crippen molar-refractivity contribution in [3.05, 3.63) is 38.5 Å². The highest BCUT2D eigenvalue weighted by Gasteiger charge is 2.00. The Kier molecular flexibility index (Phi) is 2.98. The van der Waals surface area contributed by atoms with Gasteiger partial charge in [0.05, 0.1) is 12.0 Å². The number of nitrogens with zero attached hydrogens (tertiary/aromatic N) is 1. The summed E-state index contributed by atoms with van der Waals surface area (Å²) in [7, 11) is 0. The zero-order valence-electron chi connectivity index (χ0n) is 8.33. The fourth-order valence-electron chi connectivity index (χ4n) is 1.28. The van der Waals surface area contributed by atoms with Crippen molar-refractivity contribution in [3.63, 3.8) is 0 Å². The van der Waals surface area contributed by atoms with E-state index in [9.17, 15) is 4.79 Å². The largest absolute Gasteiger partial charge is 0.348 e. The van der Waals surface area contributed by atoms with E-state index in [0.29, 0.717) is 13.1 Å². The van der Waals surface area contributed by atoms with Crippen LogP contribution in [0.4, 0.5) is 0 Å². The summed E-state index contributed by atoms with van der Waals surface area (Å²) in [5.74, 6) is 0. The van der Waals surface area contributed by atoms with Crippen LogP contribution < -0.4 is 10.2 Å². The van der Waals surface area contributed by atoms with Gasteiger partial charge < -0.3 is 15.3 Å². The van der Waals surface area contributed by atoms with Crippen LogP contribution in [0.15, 0.2) is 16.5 Å². The number of H-pyrrole nitrogens is 2. The first-order valence-electron chi connectivity index (χ1n) is 4.62. The highest BCUT2D eigenvalue weighted by atomic mass is 32.1. The van der Waals surface area contributed by atoms with E-state index >= 15 is 0 Å². The van der Waals surface area contributed by atoms with Crippen molar-refractivity contribution in [1.29, 1.82) is 0 Å². The summed E-state index contributed by atoms with van der Waals surface area (Å²) in [4.78, 5) is 20.8. The molecule has 15 heavy (non-hydrogen) atoms. The first kappa shape index (κ1) is 10.1. The zero-order chi connectivity index (χ0) is 10.7. The van der Waals surface area contributed by atoms with Crippen LogP contribution in [-0.2, 0) is 13.1 Å². The maximum atomic E-state index is 10.9. The topological polar surface area (TPSA) is 73.6 Å². The number of hydrogen-bond acceptors (Lipinski definition) is 4. The second-order valence-corrected chi connectivity index (χ2v) is 4.09. The number of imidazole rings is 1. The SMILES string of the molecule is Cc1[nH]cnc1CNCc1csc(=O)[nH]1. The van der Waals surface area contributed by atoms with Crippen LogP contribution in [0.5, 0.6) is 0 Å². The van der Waals surface area contributed by atoms with Gasteiger partial charge in [-0.1, -0.05) is 11.3 Å². The fraction of sp³-hybridized carbons (Fsp3) is 0.333. The standard InChI is InChI=1S/C9H12N4OS/c1-6-8(12-5-11-6)3-10-2-7-4-15-9(14)13-7/h4-5,10H,2-3H2,1H3,(H,11,12)(H,13,14). The second-order valence-electron chi connectivity index (χ2n) is 3.25. The van der Waals surface area contributed by atoms with E-state index in [0.717, 1.165) is 17.1 Å². The quantitative estimate of drug-likeness (QED) is 0.717. The summed E-state index contributed by atoms with van der Waals surface area (Å²) in [5.41, 5.74) is 2.99. The third-order valence-electron chi connectivity index (χ3n) is 2.11. The molecule has 80 valence electrons. The Labute approximate surface area is 90.6 Å². The summed E-state index contributed by atoms with van der Waals surface area (Å²) < 4.78 is 0. The molecule has 0 aliphatic rings. The molecule has 0 spiro atoms. The van der Waals surface area contributed by atoms with E-state index < -0.39 is 0 Å². The van der Waals surface area contributed by atoms with Gasteiger partial charge in [0.25, 0.3) is 0 Å². The lowest BCUT2D eigenvalue weighted by molar-refractivity contribution is 0.668. The monoisotopic (exact) mass is 224 g/mol. The van der Waals surface area contributed by atoms with Gasteiger partial charge in [-0.3, -0.25) is 4.79 Å². The Hall–Kier alpha value is -1.40. The minimum Gasteiger partial charge on any atom is -0.348 e. The molecule has 0 aliphatic heterocycles. The van der Waals surface area contributed by atoms with Gasteiger partial charge >= 0.3 is 4.87 Å². The van der Waals surface area contributed by atoms with E-state index in [2.05, 4.69) is 20.3 Å². The van der Waals surface area contributed by atoms with Crippen molar-refractivity contribution in [2.24, 2.45) is 0 Å². The van der Waals surface area contributed by atoms with Gasteiger partial charge in [-0.05, 0) is 6.92 Å². The molecule has 3 N–H and O–H groups in total. The first-order chi connectivity index (χ1) is 7.25. The number of nitrogens with one attached hydrogen (secondary N) is 3. The Balaban J connectivity index is 1.85. The van der Waals surface area contributed by atoms with E-state index in [1.165, 1.54) is 11.3 Å². The molecule has 0 saturated heterocycles. The van der Waals surface area contributed by atoms with Gasteiger partial charge in [-0.15, -0.1) is 0 Å². The highest BCUT2D eigenvalue weighted by Crippen LogP contribution is 2.00. The molecule has 2 aromatic heterocycles. The Morgan fingerprint density at radius 1 is 1.53 bits per heavy atom. The molecule has 2 heterocycles. The molecule has 0 radical (unpaired) electrons. The summed E-state index contributed by atoms with van der Waals surface area (Å²) in [6.45, 7) is 3.34. The lowest BCUT2D eigenvalue weighted by Crippen LogP contribution is -2.14. The molecule has 0 unspecified atom stereocenters. The van der Waals surface area contributed by atoms with Gasteiger partial charge in [0.15, 0.2) is 0 Å². The molecule has 0 atom stereocenters. The number of aromatic nitrogens is 3. The summed E-state index contributed by atoms with van der Waals surface area (Å²) in [5, 5.41) is 5.04. The fourth-order valence-corrected chi connectivity index (χ4v) is 1.86. The average molecular weight is 224 g/mol. The second kappa shape index (κ2) is 4.41. The van der Waals surface area contributed by atoms with Gasteiger partial charge in [0.2, 0.25) is 0 Å². The lowest BCUT2D eigenvalue weighted by atomic mass is 10.3. The third kappa shape index (κ3) is 2.54. The molecule has 2 rings (SSSR count). The van der Waals surface area contributed by atoms with Crippen LogP contribution in [0, 0.1) is 6.92 Å². The van der Waals surface area contributed by atoms with Crippen LogP contribution in [-0.4, -0.2) is 15.0 Å². The number of hydrogen-bond donors (Lipinski definition) is 3. The molecule has 0 fully saturated rings. The van der Waals surface area contributed by atoms with E-state index in [-0.39, 0.29) is 4.87 Å². The van der Waals surface area contributed by atoms with Crippen molar-refractivity contribution < 1.29 is 0 Å². The summed E-state index contributed by atoms with van der Waals surface area (Å²) >= 11 is 1.18. The molecular formula is C9H12N4OS. The van der Waals surface area contributed by atoms with Gasteiger partial charge in [-0.25, -0.2) is 4.98 Å². The van der Waals surface area contributed by atoms with Crippen molar-refractivity contribution in [2.45, 2.75) is 20.0 Å². The molecule has 0 amide bonds. The highest BCUT2D eigenvalue weighted by molar-refractivity contribution is 7.07. The van der Waals surface area contributed by atoms with Gasteiger partial charge in [-0.2, -0.15) is 0 Å². The van der Waals surface area contributed by atoms with Crippen LogP contribution in [0.25, 0.3) is 0 Å². The normalized spacial score (nSPS) is 10.7. The van der Waals surface area contributed by atoms with Crippen molar-refractivity contribution in [2.75, 3.05) is 0 Å². The van der Waals surface area contributed by atoms with Crippen LogP contribution in [0.2, 0.25) is 0 Å². The first-order valence-corrected chi connectivity index (χ1v) is 5.50.